The van der Waals surface area contributed by atoms with Gasteiger partial charge in [-0.1, -0.05) is 20.8 Å². The first-order valence-corrected chi connectivity index (χ1v) is 8.56. The SMILES string of the molecule is CCN(CC)Cc1nc(Br)ccc1N1CCC(C)CC1. The van der Waals surface area contributed by atoms with Gasteiger partial charge in [0, 0.05) is 19.6 Å². The van der Waals surface area contributed by atoms with E-state index in [4.69, 9.17) is 4.98 Å². The summed E-state index contributed by atoms with van der Waals surface area (Å²) in [5.74, 6) is 0.862. The van der Waals surface area contributed by atoms with Crippen molar-refractivity contribution in [3.63, 3.8) is 0 Å². The lowest BCUT2D eigenvalue weighted by Gasteiger charge is -2.33. The van der Waals surface area contributed by atoms with Gasteiger partial charge in [-0.2, -0.15) is 0 Å². The number of nitrogens with zero attached hydrogens (tertiary/aromatic N) is 3. The molecule has 0 spiro atoms. The molecule has 1 fully saturated rings. The molecule has 0 bridgehead atoms. The number of rotatable bonds is 5. The van der Waals surface area contributed by atoms with Crippen LogP contribution in [0.25, 0.3) is 0 Å². The predicted molar refractivity (Wildman–Crippen MR) is 89.2 cm³/mol. The molecule has 20 heavy (non-hydrogen) atoms. The monoisotopic (exact) mass is 339 g/mol. The van der Waals surface area contributed by atoms with Crippen molar-refractivity contribution in [2.45, 2.75) is 40.2 Å². The van der Waals surface area contributed by atoms with E-state index in [0.29, 0.717) is 0 Å². The Kier molecular flexibility index (Phi) is 5.85. The summed E-state index contributed by atoms with van der Waals surface area (Å²) in [5, 5.41) is 0. The molecule has 3 nitrogen and oxygen atoms in total. The molecule has 1 aromatic heterocycles. The van der Waals surface area contributed by atoms with Crippen LogP contribution in [0.4, 0.5) is 5.69 Å². The zero-order chi connectivity index (χ0) is 14.5. The van der Waals surface area contributed by atoms with Crippen LogP contribution < -0.4 is 4.90 Å². The molecule has 1 saturated heterocycles. The van der Waals surface area contributed by atoms with Crippen LogP contribution in [-0.4, -0.2) is 36.1 Å². The van der Waals surface area contributed by atoms with Gasteiger partial charge in [0.05, 0.1) is 11.4 Å². The molecule has 112 valence electrons. The Morgan fingerprint density at radius 1 is 1.25 bits per heavy atom. The third-order valence-corrected chi connectivity index (χ3v) is 4.75. The molecule has 0 unspecified atom stereocenters. The molecule has 0 amide bonds. The van der Waals surface area contributed by atoms with E-state index in [1.165, 1.54) is 24.2 Å². The van der Waals surface area contributed by atoms with Crippen LogP contribution in [0.2, 0.25) is 0 Å². The average Bonchev–Trinajstić information content (AvgIpc) is 2.46. The van der Waals surface area contributed by atoms with Crippen LogP contribution in [-0.2, 0) is 6.54 Å². The first kappa shape index (κ1) is 15.8. The average molecular weight is 340 g/mol. The van der Waals surface area contributed by atoms with Gasteiger partial charge >= 0.3 is 0 Å². The molecule has 4 heteroatoms. The summed E-state index contributed by atoms with van der Waals surface area (Å²) in [6.07, 6.45) is 2.58. The van der Waals surface area contributed by atoms with Gasteiger partial charge in [0.25, 0.3) is 0 Å². The van der Waals surface area contributed by atoms with Gasteiger partial charge < -0.3 is 4.90 Å². The largest absolute Gasteiger partial charge is 0.370 e. The van der Waals surface area contributed by atoms with Crippen molar-refractivity contribution in [1.29, 1.82) is 0 Å². The Morgan fingerprint density at radius 2 is 1.90 bits per heavy atom. The molecular formula is C16H26BrN3. The molecule has 0 aliphatic carbocycles. The second-order valence-electron chi connectivity index (χ2n) is 5.73. The standard InChI is InChI=1S/C16H26BrN3/c1-4-19(5-2)12-14-15(6-7-16(17)18-14)20-10-8-13(3)9-11-20/h6-7,13H,4-5,8-12H2,1-3H3. The van der Waals surface area contributed by atoms with Crippen molar-refractivity contribution >= 4 is 21.6 Å². The quantitative estimate of drug-likeness (QED) is 0.758. The van der Waals surface area contributed by atoms with Gasteiger partial charge in [0.1, 0.15) is 4.60 Å². The van der Waals surface area contributed by atoms with Gasteiger partial charge in [-0.05, 0) is 59.9 Å². The molecule has 0 aromatic carbocycles. The van der Waals surface area contributed by atoms with E-state index >= 15 is 0 Å². The molecule has 0 atom stereocenters. The number of hydrogen-bond donors (Lipinski definition) is 0. The highest BCUT2D eigenvalue weighted by molar-refractivity contribution is 9.10. The number of pyridine rings is 1. The Hall–Kier alpha value is -0.610. The Bertz CT molecular complexity index is 424. The van der Waals surface area contributed by atoms with Crippen molar-refractivity contribution < 1.29 is 0 Å². The molecule has 0 radical (unpaired) electrons. The van der Waals surface area contributed by atoms with Crippen molar-refractivity contribution in [2.24, 2.45) is 5.92 Å². The van der Waals surface area contributed by atoms with Gasteiger partial charge in [-0.25, -0.2) is 4.98 Å². The maximum Gasteiger partial charge on any atom is 0.106 e. The zero-order valence-electron chi connectivity index (χ0n) is 12.9. The number of hydrogen-bond acceptors (Lipinski definition) is 3. The van der Waals surface area contributed by atoms with Gasteiger partial charge in [-0.3, -0.25) is 4.90 Å². The maximum atomic E-state index is 4.74. The maximum absolute atomic E-state index is 4.74. The van der Waals surface area contributed by atoms with Gasteiger partial charge in [-0.15, -0.1) is 0 Å². The van der Waals surface area contributed by atoms with Crippen LogP contribution in [0.5, 0.6) is 0 Å². The third-order valence-electron chi connectivity index (χ3n) is 4.31. The molecular weight excluding hydrogens is 314 g/mol. The van der Waals surface area contributed by atoms with Crippen LogP contribution in [0.15, 0.2) is 16.7 Å². The first-order chi connectivity index (χ1) is 9.63. The normalized spacial score (nSPS) is 16.9. The number of anilines is 1. The van der Waals surface area contributed by atoms with Gasteiger partial charge in [0.15, 0.2) is 0 Å². The summed E-state index contributed by atoms with van der Waals surface area (Å²) in [5.41, 5.74) is 2.53. The second-order valence-corrected chi connectivity index (χ2v) is 6.54. The van der Waals surface area contributed by atoms with Crippen molar-refractivity contribution in [2.75, 3.05) is 31.1 Å². The highest BCUT2D eigenvalue weighted by Gasteiger charge is 2.19. The summed E-state index contributed by atoms with van der Waals surface area (Å²) < 4.78 is 0.939. The summed E-state index contributed by atoms with van der Waals surface area (Å²) in [4.78, 5) is 9.67. The first-order valence-electron chi connectivity index (χ1n) is 7.76. The molecule has 1 aromatic rings. The van der Waals surface area contributed by atoms with Crippen molar-refractivity contribution in [3.05, 3.63) is 22.4 Å². The number of halogens is 1. The van der Waals surface area contributed by atoms with Crippen LogP contribution >= 0.6 is 15.9 Å². The molecule has 2 heterocycles. The van der Waals surface area contributed by atoms with Crippen LogP contribution in [0.3, 0.4) is 0 Å². The fourth-order valence-electron chi connectivity index (χ4n) is 2.78. The lowest BCUT2D eigenvalue weighted by Crippen LogP contribution is -2.34. The highest BCUT2D eigenvalue weighted by atomic mass is 79.9. The predicted octanol–water partition coefficient (Wildman–Crippen LogP) is 3.92. The summed E-state index contributed by atoms with van der Waals surface area (Å²) in [6, 6.07) is 4.30. The van der Waals surface area contributed by atoms with E-state index in [2.05, 4.69) is 58.6 Å². The molecule has 1 aliphatic heterocycles. The minimum Gasteiger partial charge on any atom is -0.370 e. The lowest BCUT2D eigenvalue weighted by molar-refractivity contribution is 0.292. The topological polar surface area (TPSA) is 19.4 Å². The minimum absolute atomic E-state index is 0.862. The molecule has 0 saturated carbocycles. The fraction of sp³-hybridized carbons (Fsp3) is 0.688. The van der Waals surface area contributed by atoms with Crippen LogP contribution in [0.1, 0.15) is 39.3 Å². The lowest BCUT2D eigenvalue weighted by atomic mass is 9.98. The smallest absolute Gasteiger partial charge is 0.106 e. The van der Waals surface area contributed by atoms with Crippen molar-refractivity contribution in [3.8, 4) is 0 Å². The minimum atomic E-state index is 0.862. The van der Waals surface area contributed by atoms with Crippen LogP contribution in [0, 0.1) is 5.92 Å². The third kappa shape index (κ3) is 3.95. The molecule has 0 N–H and O–H groups in total. The van der Waals surface area contributed by atoms with E-state index in [1.54, 1.807) is 0 Å². The van der Waals surface area contributed by atoms with E-state index in [9.17, 15) is 0 Å². The van der Waals surface area contributed by atoms with E-state index in [-0.39, 0.29) is 0 Å². The van der Waals surface area contributed by atoms with Gasteiger partial charge in [0.2, 0.25) is 0 Å². The summed E-state index contributed by atoms with van der Waals surface area (Å²) in [6.45, 7) is 12.2. The molecule has 2 rings (SSSR count). The number of piperidine rings is 1. The zero-order valence-corrected chi connectivity index (χ0v) is 14.5. The molecule has 1 aliphatic rings. The summed E-state index contributed by atoms with van der Waals surface area (Å²) >= 11 is 3.52. The van der Waals surface area contributed by atoms with E-state index in [1.807, 2.05) is 0 Å². The Balaban J connectivity index is 2.19. The number of aromatic nitrogens is 1. The Labute approximate surface area is 131 Å². The summed E-state index contributed by atoms with van der Waals surface area (Å²) in [7, 11) is 0. The highest BCUT2D eigenvalue weighted by Crippen LogP contribution is 2.27. The fourth-order valence-corrected chi connectivity index (χ4v) is 3.13. The van der Waals surface area contributed by atoms with E-state index < -0.39 is 0 Å². The van der Waals surface area contributed by atoms with E-state index in [0.717, 1.165) is 43.2 Å². The second kappa shape index (κ2) is 7.41. The Morgan fingerprint density at radius 3 is 2.50 bits per heavy atom. The van der Waals surface area contributed by atoms with Crippen molar-refractivity contribution in [1.82, 2.24) is 9.88 Å².